The van der Waals surface area contributed by atoms with E-state index in [1.807, 2.05) is 12.1 Å². The minimum absolute atomic E-state index is 0.0428. The first-order chi connectivity index (χ1) is 12.6. The maximum absolute atomic E-state index is 10.7. The van der Waals surface area contributed by atoms with Crippen molar-refractivity contribution in [3.63, 3.8) is 0 Å². The molecule has 1 spiro atoms. The molecule has 0 aliphatic heterocycles. The molecule has 2 N–H and O–H groups in total. The number of phenols is 2. The molecule has 0 bridgehead atoms. The summed E-state index contributed by atoms with van der Waals surface area (Å²) >= 11 is 0. The summed E-state index contributed by atoms with van der Waals surface area (Å²) < 4.78 is 0. The molecule has 27 heavy (non-hydrogen) atoms. The van der Waals surface area contributed by atoms with Gasteiger partial charge in [-0.05, 0) is 82.0 Å². The number of aromatic hydroxyl groups is 2. The zero-order valence-electron chi connectivity index (χ0n) is 17.5. The molecule has 144 valence electrons. The van der Waals surface area contributed by atoms with Gasteiger partial charge in [0.25, 0.3) is 0 Å². The lowest BCUT2D eigenvalue weighted by Crippen LogP contribution is -2.28. The van der Waals surface area contributed by atoms with Gasteiger partial charge in [-0.3, -0.25) is 0 Å². The molecule has 0 amide bonds. The average molecular weight is 365 g/mol. The van der Waals surface area contributed by atoms with Crippen molar-refractivity contribution in [2.45, 2.75) is 83.5 Å². The SMILES string of the molecule is CCc1c(O)ccc2c1C1(CC2(C)C)CC(C)(C)c2ccc(O)c(CC)c21. The van der Waals surface area contributed by atoms with E-state index in [0.29, 0.717) is 11.5 Å². The molecule has 0 heterocycles. The van der Waals surface area contributed by atoms with Gasteiger partial charge in [0, 0.05) is 5.41 Å². The predicted octanol–water partition coefficient (Wildman–Crippen LogP) is 5.87. The molecule has 0 saturated carbocycles. The molecule has 0 aromatic heterocycles. The van der Waals surface area contributed by atoms with Gasteiger partial charge in [-0.1, -0.05) is 53.7 Å². The topological polar surface area (TPSA) is 40.5 Å². The fraction of sp³-hybridized carbons (Fsp3) is 0.520. The van der Waals surface area contributed by atoms with Crippen molar-refractivity contribution >= 4 is 0 Å². The minimum Gasteiger partial charge on any atom is -0.508 e. The molecular weight excluding hydrogens is 332 g/mol. The summed E-state index contributed by atoms with van der Waals surface area (Å²) in [6.45, 7) is 13.6. The Labute approximate surface area is 163 Å². The molecule has 2 heteroatoms. The van der Waals surface area contributed by atoms with Gasteiger partial charge >= 0.3 is 0 Å². The van der Waals surface area contributed by atoms with E-state index in [2.05, 4.69) is 53.7 Å². The number of hydrogen-bond acceptors (Lipinski definition) is 2. The molecule has 0 fully saturated rings. The molecular formula is C25H32O2. The smallest absolute Gasteiger partial charge is 0.119 e. The third-order valence-electron chi connectivity index (χ3n) is 7.19. The summed E-state index contributed by atoms with van der Waals surface area (Å²) in [5.74, 6) is 0.829. The molecule has 0 radical (unpaired) electrons. The first-order valence-corrected chi connectivity index (χ1v) is 10.3. The van der Waals surface area contributed by atoms with Crippen LogP contribution in [-0.4, -0.2) is 10.2 Å². The third kappa shape index (κ3) is 2.25. The summed E-state index contributed by atoms with van der Waals surface area (Å²) in [6, 6.07) is 8.03. The Morgan fingerprint density at radius 1 is 0.704 bits per heavy atom. The fourth-order valence-corrected chi connectivity index (χ4v) is 6.45. The highest BCUT2D eigenvalue weighted by atomic mass is 16.3. The van der Waals surface area contributed by atoms with Crippen molar-refractivity contribution in [3.8, 4) is 11.5 Å². The lowest BCUT2D eigenvalue weighted by molar-refractivity contribution is 0.346. The molecule has 0 atom stereocenters. The maximum atomic E-state index is 10.7. The van der Waals surface area contributed by atoms with Gasteiger partial charge in [0.05, 0.1) is 0 Å². The lowest BCUT2D eigenvalue weighted by Gasteiger charge is -2.33. The van der Waals surface area contributed by atoms with Crippen molar-refractivity contribution < 1.29 is 10.2 Å². The second kappa shape index (κ2) is 5.53. The first kappa shape index (κ1) is 18.4. The van der Waals surface area contributed by atoms with Gasteiger partial charge in [0.1, 0.15) is 11.5 Å². The Hall–Kier alpha value is -1.96. The van der Waals surface area contributed by atoms with Crippen LogP contribution in [0, 0.1) is 0 Å². The standard InChI is InChI=1S/C25H32O2/c1-7-15-19(26)11-9-17-21(15)25(13-23(17,3)4)14-24(5,6)18-10-12-20(27)16(8-2)22(18)25/h9-12,26-27H,7-8,13-14H2,1-6H3. The van der Waals surface area contributed by atoms with Crippen LogP contribution < -0.4 is 0 Å². The maximum Gasteiger partial charge on any atom is 0.119 e. The van der Waals surface area contributed by atoms with Crippen LogP contribution in [0.2, 0.25) is 0 Å². The van der Waals surface area contributed by atoms with Crippen LogP contribution in [0.1, 0.15) is 87.8 Å². The average Bonchev–Trinajstić information content (AvgIpc) is 2.94. The Morgan fingerprint density at radius 3 is 1.41 bits per heavy atom. The normalized spacial score (nSPS) is 20.7. The van der Waals surface area contributed by atoms with Crippen LogP contribution in [0.5, 0.6) is 11.5 Å². The molecule has 0 saturated heterocycles. The van der Waals surface area contributed by atoms with Gasteiger partial charge in [-0.2, -0.15) is 0 Å². The summed E-state index contributed by atoms with van der Waals surface area (Å²) in [5, 5.41) is 21.4. The van der Waals surface area contributed by atoms with Crippen LogP contribution >= 0.6 is 0 Å². The molecule has 2 aliphatic rings. The van der Waals surface area contributed by atoms with Crippen LogP contribution in [0.25, 0.3) is 0 Å². The van der Waals surface area contributed by atoms with Crippen LogP contribution in [0.3, 0.4) is 0 Å². The van der Waals surface area contributed by atoms with E-state index in [1.54, 1.807) is 0 Å². The van der Waals surface area contributed by atoms with Crippen LogP contribution in [-0.2, 0) is 29.1 Å². The molecule has 2 aromatic carbocycles. The summed E-state index contributed by atoms with van der Waals surface area (Å²) in [7, 11) is 0. The summed E-state index contributed by atoms with van der Waals surface area (Å²) in [4.78, 5) is 0. The van der Waals surface area contributed by atoms with E-state index in [1.165, 1.54) is 22.3 Å². The van der Waals surface area contributed by atoms with Crippen molar-refractivity contribution in [2.24, 2.45) is 0 Å². The zero-order chi connectivity index (χ0) is 19.8. The van der Waals surface area contributed by atoms with Crippen molar-refractivity contribution in [1.29, 1.82) is 0 Å². The monoisotopic (exact) mass is 364 g/mol. The summed E-state index contributed by atoms with van der Waals surface area (Å²) in [5.41, 5.74) is 7.54. The third-order valence-corrected chi connectivity index (χ3v) is 7.19. The van der Waals surface area contributed by atoms with Crippen LogP contribution in [0.4, 0.5) is 0 Å². The van der Waals surface area contributed by atoms with Gasteiger partial charge in [-0.25, -0.2) is 0 Å². The Bertz CT molecular complexity index is 856. The highest BCUT2D eigenvalue weighted by Gasteiger charge is 2.58. The Kier molecular flexibility index (Phi) is 3.77. The Morgan fingerprint density at radius 2 is 1.07 bits per heavy atom. The van der Waals surface area contributed by atoms with E-state index < -0.39 is 0 Å². The molecule has 2 aliphatic carbocycles. The van der Waals surface area contributed by atoms with Crippen molar-refractivity contribution in [2.75, 3.05) is 0 Å². The number of fused-ring (bicyclic) bond motifs is 4. The largest absolute Gasteiger partial charge is 0.508 e. The van der Waals surface area contributed by atoms with E-state index in [-0.39, 0.29) is 16.2 Å². The first-order valence-electron chi connectivity index (χ1n) is 10.3. The lowest BCUT2D eigenvalue weighted by atomic mass is 9.70. The number of hydrogen-bond donors (Lipinski definition) is 2. The fourth-order valence-electron chi connectivity index (χ4n) is 6.45. The highest BCUT2D eigenvalue weighted by Crippen LogP contribution is 2.65. The number of rotatable bonds is 2. The number of benzene rings is 2. The second-order valence-electron chi connectivity index (χ2n) is 9.88. The van der Waals surface area contributed by atoms with Gasteiger partial charge in [0.2, 0.25) is 0 Å². The molecule has 4 rings (SSSR count). The van der Waals surface area contributed by atoms with E-state index in [0.717, 1.165) is 36.8 Å². The predicted molar refractivity (Wildman–Crippen MR) is 111 cm³/mol. The van der Waals surface area contributed by atoms with E-state index in [4.69, 9.17) is 0 Å². The van der Waals surface area contributed by atoms with E-state index in [9.17, 15) is 10.2 Å². The molecule has 0 unspecified atom stereocenters. The molecule has 2 nitrogen and oxygen atoms in total. The number of phenolic OH excluding ortho intramolecular Hbond substituents is 2. The van der Waals surface area contributed by atoms with Crippen LogP contribution in [0.15, 0.2) is 24.3 Å². The minimum atomic E-state index is -0.133. The second-order valence-corrected chi connectivity index (χ2v) is 9.88. The molecule has 2 aromatic rings. The van der Waals surface area contributed by atoms with E-state index >= 15 is 0 Å². The van der Waals surface area contributed by atoms with Gasteiger partial charge in [0.15, 0.2) is 0 Å². The van der Waals surface area contributed by atoms with Gasteiger partial charge in [-0.15, -0.1) is 0 Å². The van der Waals surface area contributed by atoms with Gasteiger partial charge < -0.3 is 10.2 Å². The zero-order valence-corrected chi connectivity index (χ0v) is 17.5. The highest BCUT2D eigenvalue weighted by molar-refractivity contribution is 5.67. The Balaban J connectivity index is 2.16. The van der Waals surface area contributed by atoms with Crippen molar-refractivity contribution in [3.05, 3.63) is 57.6 Å². The van der Waals surface area contributed by atoms with Crippen molar-refractivity contribution in [1.82, 2.24) is 0 Å². The summed E-state index contributed by atoms with van der Waals surface area (Å²) in [6.07, 6.45) is 3.70. The quantitative estimate of drug-likeness (QED) is 0.699.